The lowest BCUT2D eigenvalue weighted by Gasteiger charge is -2.38. The molecule has 0 N–H and O–H groups in total. The Hall–Kier alpha value is -1.42. The molecule has 0 aliphatic carbocycles. The second-order valence-corrected chi connectivity index (χ2v) is 5.90. The van der Waals surface area contributed by atoms with E-state index in [1.54, 1.807) is 12.1 Å². The van der Waals surface area contributed by atoms with Crippen molar-refractivity contribution < 1.29 is 13.9 Å². The molecule has 1 aromatic rings. The second-order valence-electron chi connectivity index (χ2n) is 5.90. The molecule has 0 bridgehead atoms. The number of likely N-dealkylation sites (tertiary alicyclic amines) is 1. The molecule has 21 heavy (non-hydrogen) atoms. The standard InChI is InChI=1S/C17H24FNO2/c1-4-13-6-5-12(2)19(10-13)17(20)14-7-8-16(18)15(9-14)11-21-3/h7-9,12-13H,4-6,10-11H2,1-3H3/t12-,13+/m1/s1. The summed E-state index contributed by atoms with van der Waals surface area (Å²) in [5.41, 5.74) is 0.979. The van der Waals surface area contributed by atoms with Crippen LogP contribution < -0.4 is 0 Å². The molecular weight excluding hydrogens is 269 g/mol. The SMILES string of the molecule is CC[C@H]1CC[C@@H](C)N(C(=O)c2ccc(F)c(COC)c2)C1. The van der Waals surface area contributed by atoms with Gasteiger partial charge in [-0.3, -0.25) is 4.79 Å². The number of carbonyl (C=O) groups is 1. The number of hydrogen-bond donors (Lipinski definition) is 0. The predicted octanol–water partition coefficient (Wildman–Crippen LogP) is 3.62. The van der Waals surface area contributed by atoms with Crippen LogP contribution in [0, 0.1) is 11.7 Å². The average Bonchev–Trinajstić information content (AvgIpc) is 2.49. The lowest BCUT2D eigenvalue weighted by molar-refractivity contribution is 0.0556. The lowest BCUT2D eigenvalue weighted by atomic mass is 9.91. The van der Waals surface area contributed by atoms with E-state index in [1.807, 2.05) is 4.90 Å². The number of carbonyl (C=O) groups excluding carboxylic acids is 1. The van der Waals surface area contributed by atoms with Crippen molar-refractivity contribution in [2.45, 2.75) is 45.8 Å². The Morgan fingerprint density at radius 1 is 1.43 bits per heavy atom. The molecule has 4 heteroatoms. The van der Waals surface area contributed by atoms with Gasteiger partial charge in [-0.2, -0.15) is 0 Å². The van der Waals surface area contributed by atoms with E-state index in [1.165, 1.54) is 19.6 Å². The highest BCUT2D eigenvalue weighted by molar-refractivity contribution is 5.94. The van der Waals surface area contributed by atoms with Crippen molar-refractivity contribution >= 4 is 5.91 Å². The first-order valence-electron chi connectivity index (χ1n) is 7.65. The number of piperidine rings is 1. The third-order valence-electron chi connectivity index (χ3n) is 4.41. The van der Waals surface area contributed by atoms with Gasteiger partial charge < -0.3 is 9.64 Å². The van der Waals surface area contributed by atoms with Crippen molar-refractivity contribution in [2.24, 2.45) is 5.92 Å². The van der Waals surface area contributed by atoms with Gasteiger partial charge in [0, 0.05) is 30.8 Å². The maximum atomic E-state index is 13.7. The van der Waals surface area contributed by atoms with Gasteiger partial charge in [0.25, 0.3) is 5.91 Å². The van der Waals surface area contributed by atoms with Crippen LogP contribution in [0.5, 0.6) is 0 Å². The smallest absolute Gasteiger partial charge is 0.254 e. The first-order chi connectivity index (χ1) is 10.1. The van der Waals surface area contributed by atoms with Crippen LogP contribution in [0.3, 0.4) is 0 Å². The molecule has 1 saturated heterocycles. The minimum atomic E-state index is -0.327. The normalized spacial score (nSPS) is 22.4. The highest BCUT2D eigenvalue weighted by atomic mass is 19.1. The summed E-state index contributed by atoms with van der Waals surface area (Å²) in [5.74, 6) is 0.244. The zero-order chi connectivity index (χ0) is 15.4. The number of nitrogens with zero attached hydrogens (tertiary/aromatic N) is 1. The molecule has 0 saturated carbocycles. The van der Waals surface area contributed by atoms with Crippen molar-refractivity contribution in [3.05, 3.63) is 35.1 Å². The van der Waals surface area contributed by atoms with E-state index < -0.39 is 0 Å². The van der Waals surface area contributed by atoms with E-state index in [4.69, 9.17) is 4.74 Å². The Morgan fingerprint density at radius 2 is 2.19 bits per heavy atom. The summed E-state index contributed by atoms with van der Waals surface area (Å²) in [6, 6.07) is 4.78. The number of benzene rings is 1. The lowest BCUT2D eigenvalue weighted by Crippen LogP contribution is -2.45. The average molecular weight is 293 g/mol. The quantitative estimate of drug-likeness (QED) is 0.848. The molecule has 1 fully saturated rings. The summed E-state index contributed by atoms with van der Waals surface area (Å²) < 4.78 is 18.6. The summed E-state index contributed by atoms with van der Waals surface area (Å²) in [4.78, 5) is 14.6. The number of halogens is 1. The molecular formula is C17H24FNO2. The van der Waals surface area contributed by atoms with E-state index in [9.17, 15) is 9.18 Å². The predicted molar refractivity (Wildman–Crippen MR) is 80.6 cm³/mol. The van der Waals surface area contributed by atoms with Crippen molar-refractivity contribution in [2.75, 3.05) is 13.7 Å². The number of amides is 1. The van der Waals surface area contributed by atoms with Gasteiger partial charge in [0.05, 0.1) is 6.61 Å². The van der Waals surface area contributed by atoms with Crippen LogP contribution in [0.25, 0.3) is 0 Å². The van der Waals surface area contributed by atoms with Gasteiger partial charge in [0.1, 0.15) is 5.82 Å². The van der Waals surface area contributed by atoms with Crippen LogP contribution in [0.2, 0.25) is 0 Å². The first kappa shape index (κ1) is 16.0. The minimum Gasteiger partial charge on any atom is -0.380 e. The minimum absolute atomic E-state index is 0.00185. The van der Waals surface area contributed by atoms with Crippen molar-refractivity contribution in [3.8, 4) is 0 Å². The van der Waals surface area contributed by atoms with Gasteiger partial charge in [-0.05, 0) is 43.9 Å². The molecule has 0 aromatic heterocycles. The zero-order valence-electron chi connectivity index (χ0n) is 13.1. The molecule has 3 nitrogen and oxygen atoms in total. The van der Waals surface area contributed by atoms with Crippen LogP contribution in [0.15, 0.2) is 18.2 Å². The number of rotatable bonds is 4. The third kappa shape index (κ3) is 3.62. The Labute approximate surface area is 126 Å². The van der Waals surface area contributed by atoms with E-state index in [2.05, 4.69) is 13.8 Å². The topological polar surface area (TPSA) is 29.5 Å². The van der Waals surface area contributed by atoms with Gasteiger partial charge >= 0.3 is 0 Å². The molecule has 2 rings (SSSR count). The number of methoxy groups -OCH3 is 1. The summed E-state index contributed by atoms with van der Waals surface area (Å²) in [7, 11) is 1.52. The first-order valence-corrected chi connectivity index (χ1v) is 7.65. The van der Waals surface area contributed by atoms with Gasteiger partial charge in [0.2, 0.25) is 0 Å². The highest BCUT2D eigenvalue weighted by Crippen LogP contribution is 2.26. The van der Waals surface area contributed by atoms with E-state index in [0.717, 1.165) is 19.4 Å². The monoisotopic (exact) mass is 293 g/mol. The van der Waals surface area contributed by atoms with Gasteiger partial charge in [-0.25, -0.2) is 4.39 Å². The molecule has 2 atom stereocenters. The molecule has 0 spiro atoms. The number of ether oxygens (including phenoxy) is 1. The second kappa shape index (κ2) is 7.03. The van der Waals surface area contributed by atoms with Crippen molar-refractivity contribution in [1.82, 2.24) is 4.90 Å². The Bertz CT molecular complexity index is 504. The molecule has 1 amide bonds. The van der Waals surface area contributed by atoms with Crippen molar-refractivity contribution in [1.29, 1.82) is 0 Å². The summed E-state index contributed by atoms with van der Waals surface area (Å²) in [6.07, 6.45) is 3.31. The van der Waals surface area contributed by atoms with Crippen molar-refractivity contribution in [3.63, 3.8) is 0 Å². The maximum absolute atomic E-state index is 13.7. The summed E-state index contributed by atoms with van der Waals surface area (Å²) in [5, 5.41) is 0. The van der Waals surface area contributed by atoms with Crippen LogP contribution in [-0.4, -0.2) is 30.5 Å². The number of hydrogen-bond acceptors (Lipinski definition) is 2. The fourth-order valence-electron chi connectivity index (χ4n) is 2.94. The molecule has 0 radical (unpaired) electrons. The van der Waals surface area contributed by atoms with Crippen LogP contribution in [0.4, 0.5) is 4.39 Å². The fourth-order valence-corrected chi connectivity index (χ4v) is 2.94. The third-order valence-corrected chi connectivity index (χ3v) is 4.41. The van der Waals surface area contributed by atoms with Crippen LogP contribution in [-0.2, 0) is 11.3 Å². The van der Waals surface area contributed by atoms with E-state index in [-0.39, 0.29) is 24.4 Å². The molecule has 1 aliphatic heterocycles. The van der Waals surface area contributed by atoms with Gasteiger partial charge in [-0.1, -0.05) is 13.3 Å². The van der Waals surface area contributed by atoms with Crippen LogP contribution >= 0.6 is 0 Å². The largest absolute Gasteiger partial charge is 0.380 e. The Balaban J connectivity index is 2.20. The fraction of sp³-hybridized carbons (Fsp3) is 0.588. The van der Waals surface area contributed by atoms with E-state index >= 15 is 0 Å². The van der Waals surface area contributed by atoms with Crippen LogP contribution in [0.1, 0.15) is 49.0 Å². The Kier molecular flexibility index (Phi) is 5.34. The molecule has 0 unspecified atom stereocenters. The Morgan fingerprint density at radius 3 is 2.86 bits per heavy atom. The molecule has 1 aliphatic rings. The zero-order valence-corrected chi connectivity index (χ0v) is 13.1. The van der Waals surface area contributed by atoms with Gasteiger partial charge in [0.15, 0.2) is 0 Å². The molecule has 116 valence electrons. The maximum Gasteiger partial charge on any atom is 0.254 e. The molecule has 1 aromatic carbocycles. The summed E-state index contributed by atoms with van der Waals surface area (Å²) in [6.45, 7) is 5.23. The highest BCUT2D eigenvalue weighted by Gasteiger charge is 2.29. The van der Waals surface area contributed by atoms with E-state index in [0.29, 0.717) is 17.0 Å². The summed E-state index contributed by atoms with van der Waals surface area (Å²) >= 11 is 0. The molecule has 1 heterocycles. The van der Waals surface area contributed by atoms with Gasteiger partial charge in [-0.15, -0.1) is 0 Å².